The van der Waals surface area contributed by atoms with Gasteiger partial charge in [-0.05, 0) is 29.8 Å². The first kappa shape index (κ1) is 15.2. The first-order chi connectivity index (χ1) is 8.90. The average Bonchev–Trinajstić information content (AvgIpc) is 2.31. The topological polar surface area (TPSA) is 0 Å². The van der Waals surface area contributed by atoms with Crippen LogP contribution in [0.2, 0.25) is 10.0 Å². The Morgan fingerprint density at radius 1 is 0.947 bits per heavy atom. The molecule has 19 heavy (non-hydrogen) atoms. The first-order valence-electron chi connectivity index (χ1n) is 5.13. The fourth-order valence-corrected chi connectivity index (χ4v) is 3.06. The standard InChI is InChI=1S/C13H6Br2Cl2F2/c14-7-4-10(18)12(11(19)5-7)13(15)6-1-2-8(16)9(17)3-6/h1-5,13H. The Balaban J connectivity index is 2.49. The molecule has 1 atom stereocenters. The van der Waals surface area contributed by atoms with Crippen LogP contribution in [0.5, 0.6) is 0 Å². The molecule has 1 unspecified atom stereocenters. The lowest BCUT2D eigenvalue weighted by Crippen LogP contribution is -2.01. The minimum Gasteiger partial charge on any atom is -0.206 e. The highest BCUT2D eigenvalue weighted by Gasteiger charge is 2.20. The zero-order valence-electron chi connectivity index (χ0n) is 9.23. The molecule has 0 nitrogen and oxygen atoms in total. The van der Waals surface area contributed by atoms with Gasteiger partial charge in [0, 0.05) is 10.0 Å². The fourth-order valence-electron chi connectivity index (χ4n) is 1.63. The summed E-state index contributed by atoms with van der Waals surface area (Å²) in [6.07, 6.45) is 0. The van der Waals surface area contributed by atoms with E-state index in [1.165, 1.54) is 12.1 Å². The highest BCUT2D eigenvalue weighted by atomic mass is 79.9. The average molecular weight is 431 g/mol. The van der Waals surface area contributed by atoms with Gasteiger partial charge in [-0.3, -0.25) is 0 Å². The summed E-state index contributed by atoms with van der Waals surface area (Å²) in [5.41, 5.74) is 0.552. The summed E-state index contributed by atoms with van der Waals surface area (Å²) in [5, 5.41) is 0.725. The van der Waals surface area contributed by atoms with Gasteiger partial charge < -0.3 is 0 Å². The van der Waals surface area contributed by atoms with E-state index in [4.69, 9.17) is 23.2 Å². The van der Waals surface area contributed by atoms with Crippen molar-refractivity contribution in [1.29, 1.82) is 0 Å². The lowest BCUT2D eigenvalue weighted by molar-refractivity contribution is 0.559. The van der Waals surface area contributed by atoms with Crippen molar-refractivity contribution in [2.75, 3.05) is 0 Å². The third kappa shape index (κ3) is 3.30. The lowest BCUT2D eigenvalue weighted by Gasteiger charge is -2.14. The van der Waals surface area contributed by atoms with Crippen LogP contribution in [0, 0.1) is 11.6 Å². The maximum absolute atomic E-state index is 13.9. The zero-order chi connectivity index (χ0) is 14.2. The van der Waals surface area contributed by atoms with Crippen LogP contribution in [-0.2, 0) is 0 Å². The SMILES string of the molecule is Fc1cc(Br)cc(F)c1C(Br)c1ccc(Cl)c(Cl)c1. The van der Waals surface area contributed by atoms with Crippen LogP contribution in [0.15, 0.2) is 34.8 Å². The minimum absolute atomic E-state index is 0.0680. The van der Waals surface area contributed by atoms with Crippen LogP contribution < -0.4 is 0 Å². The van der Waals surface area contributed by atoms with Gasteiger partial charge in [-0.1, -0.05) is 61.1 Å². The van der Waals surface area contributed by atoms with Crippen molar-refractivity contribution in [2.45, 2.75) is 4.83 Å². The molecule has 0 heterocycles. The Morgan fingerprint density at radius 3 is 2.05 bits per heavy atom. The largest absolute Gasteiger partial charge is 0.206 e. The van der Waals surface area contributed by atoms with Crippen LogP contribution in [0.4, 0.5) is 8.78 Å². The van der Waals surface area contributed by atoms with Crippen molar-refractivity contribution in [2.24, 2.45) is 0 Å². The number of halogens is 6. The summed E-state index contributed by atoms with van der Waals surface area (Å²) in [6.45, 7) is 0. The Kier molecular flexibility index (Phi) is 4.88. The van der Waals surface area contributed by atoms with Gasteiger partial charge in [-0.2, -0.15) is 0 Å². The number of hydrogen-bond donors (Lipinski definition) is 0. The summed E-state index contributed by atoms with van der Waals surface area (Å²) in [7, 11) is 0. The quantitative estimate of drug-likeness (QED) is 0.476. The van der Waals surface area contributed by atoms with Crippen LogP contribution >= 0.6 is 55.1 Å². The fraction of sp³-hybridized carbons (Fsp3) is 0.0769. The summed E-state index contributed by atoms with van der Waals surface area (Å²) in [6, 6.07) is 7.25. The molecule has 6 heteroatoms. The summed E-state index contributed by atoms with van der Waals surface area (Å²) in [4.78, 5) is -0.643. The molecular weight excluding hydrogens is 425 g/mol. The van der Waals surface area contributed by atoms with E-state index in [2.05, 4.69) is 31.9 Å². The molecule has 0 saturated carbocycles. The zero-order valence-corrected chi connectivity index (χ0v) is 13.9. The van der Waals surface area contributed by atoms with Crippen molar-refractivity contribution in [3.8, 4) is 0 Å². The van der Waals surface area contributed by atoms with Crippen LogP contribution in [-0.4, -0.2) is 0 Å². The van der Waals surface area contributed by atoms with Crippen molar-refractivity contribution < 1.29 is 8.78 Å². The van der Waals surface area contributed by atoms with Gasteiger partial charge in [0.1, 0.15) is 11.6 Å². The van der Waals surface area contributed by atoms with Crippen molar-refractivity contribution in [3.05, 3.63) is 67.6 Å². The van der Waals surface area contributed by atoms with E-state index >= 15 is 0 Å². The highest BCUT2D eigenvalue weighted by molar-refractivity contribution is 9.10. The molecule has 2 aromatic rings. The van der Waals surface area contributed by atoms with Gasteiger partial charge >= 0.3 is 0 Å². The Labute approximate surface area is 136 Å². The molecule has 0 fully saturated rings. The minimum atomic E-state index is -0.643. The van der Waals surface area contributed by atoms with E-state index in [-0.39, 0.29) is 5.56 Å². The summed E-state index contributed by atoms with van der Waals surface area (Å²) < 4.78 is 28.1. The molecule has 0 saturated heterocycles. The van der Waals surface area contributed by atoms with Gasteiger partial charge in [-0.15, -0.1) is 0 Å². The van der Waals surface area contributed by atoms with Gasteiger partial charge in [0.05, 0.1) is 14.9 Å². The maximum Gasteiger partial charge on any atom is 0.131 e. The Hall–Kier alpha value is -0.160. The molecule has 0 radical (unpaired) electrons. The monoisotopic (exact) mass is 428 g/mol. The molecule has 0 aliphatic heterocycles. The number of hydrogen-bond acceptors (Lipinski definition) is 0. The predicted octanol–water partition coefficient (Wildman–Crippen LogP) is 6.52. The van der Waals surface area contributed by atoms with Gasteiger partial charge in [-0.25, -0.2) is 8.78 Å². The molecule has 0 aromatic heterocycles. The van der Waals surface area contributed by atoms with Crippen LogP contribution in [0.25, 0.3) is 0 Å². The van der Waals surface area contributed by atoms with E-state index in [0.717, 1.165) is 0 Å². The summed E-state index contributed by atoms with van der Waals surface area (Å²) >= 11 is 18.0. The number of alkyl halides is 1. The van der Waals surface area contributed by atoms with Crippen molar-refractivity contribution in [1.82, 2.24) is 0 Å². The third-order valence-corrected chi connectivity index (χ3v) is 4.72. The number of rotatable bonds is 2. The maximum atomic E-state index is 13.9. The van der Waals surface area contributed by atoms with E-state index in [0.29, 0.717) is 20.1 Å². The molecule has 0 aliphatic carbocycles. The Morgan fingerprint density at radius 2 is 1.53 bits per heavy atom. The molecule has 2 rings (SSSR count). The smallest absolute Gasteiger partial charge is 0.131 e. The van der Waals surface area contributed by atoms with Gasteiger partial charge in [0.2, 0.25) is 0 Å². The lowest BCUT2D eigenvalue weighted by atomic mass is 10.0. The van der Waals surface area contributed by atoms with Gasteiger partial charge in [0.25, 0.3) is 0 Å². The summed E-state index contributed by atoms with van der Waals surface area (Å²) in [5.74, 6) is -1.28. The predicted molar refractivity (Wildman–Crippen MR) is 81.3 cm³/mol. The second-order valence-electron chi connectivity index (χ2n) is 3.82. The molecule has 0 N–H and O–H groups in total. The van der Waals surface area contributed by atoms with Gasteiger partial charge in [0.15, 0.2) is 0 Å². The second kappa shape index (κ2) is 6.08. The van der Waals surface area contributed by atoms with Crippen LogP contribution in [0.1, 0.15) is 16.0 Å². The van der Waals surface area contributed by atoms with E-state index in [1.54, 1.807) is 18.2 Å². The van der Waals surface area contributed by atoms with Crippen molar-refractivity contribution >= 4 is 55.1 Å². The molecule has 100 valence electrons. The van der Waals surface area contributed by atoms with E-state index < -0.39 is 16.5 Å². The number of benzene rings is 2. The first-order valence-corrected chi connectivity index (χ1v) is 7.60. The third-order valence-electron chi connectivity index (χ3n) is 2.53. The second-order valence-corrected chi connectivity index (χ2v) is 6.46. The van der Waals surface area contributed by atoms with E-state index in [9.17, 15) is 8.78 Å². The van der Waals surface area contributed by atoms with Crippen molar-refractivity contribution in [3.63, 3.8) is 0 Å². The van der Waals surface area contributed by atoms with Crippen LogP contribution in [0.3, 0.4) is 0 Å². The molecule has 2 aromatic carbocycles. The Bertz CT molecular complexity index is 609. The van der Waals surface area contributed by atoms with E-state index in [1.807, 2.05) is 0 Å². The highest BCUT2D eigenvalue weighted by Crippen LogP contribution is 2.37. The molecular formula is C13H6Br2Cl2F2. The molecule has 0 spiro atoms. The normalized spacial score (nSPS) is 12.5. The molecule has 0 bridgehead atoms. The molecule has 0 amide bonds. The molecule has 0 aliphatic rings.